The molecule has 0 atom stereocenters. The predicted octanol–water partition coefficient (Wildman–Crippen LogP) is 3.51. The second-order valence-corrected chi connectivity index (χ2v) is 5.93. The van der Waals surface area contributed by atoms with Crippen molar-refractivity contribution in [2.45, 2.75) is 19.6 Å². The highest BCUT2D eigenvalue weighted by Crippen LogP contribution is 2.15. The summed E-state index contributed by atoms with van der Waals surface area (Å²) in [5.41, 5.74) is 2.56. The summed E-state index contributed by atoms with van der Waals surface area (Å²) in [5.74, 6) is -0.0359. The SMILES string of the molecule is O=C(NCCc1ccc(OC(F)F)cc1)c1ccc(Cn2cccn2)cc1. The lowest BCUT2D eigenvalue weighted by atomic mass is 10.1. The van der Waals surface area contributed by atoms with Gasteiger partial charge in [0.05, 0.1) is 6.54 Å². The molecule has 7 heteroatoms. The van der Waals surface area contributed by atoms with Crippen LogP contribution in [0.2, 0.25) is 0 Å². The molecule has 1 N–H and O–H groups in total. The van der Waals surface area contributed by atoms with Gasteiger partial charge in [-0.1, -0.05) is 24.3 Å². The summed E-state index contributed by atoms with van der Waals surface area (Å²) >= 11 is 0. The van der Waals surface area contributed by atoms with E-state index in [4.69, 9.17) is 0 Å². The van der Waals surface area contributed by atoms with Gasteiger partial charge in [0.1, 0.15) is 5.75 Å². The zero-order chi connectivity index (χ0) is 19.1. The first-order valence-corrected chi connectivity index (χ1v) is 8.48. The largest absolute Gasteiger partial charge is 0.435 e. The summed E-state index contributed by atoms with van der Waals surface area (Å²) in [6.45, 7) is -1.73. The fourth-order valence-corrected chi connectivity index (χ4v) is 2.60. The predicted molar refractivity (Wildman–Crippen MR) is 96.9 cm³/mol. The molecule has 1 amide bonds. The molecular formula is C20H19F2N3O2. The van der Waals surface area contributed by atoms with E-state index in [1.54, 1.807) is 30.5 Å². The average Bonchev–Trinajstić information content (AvgIpc) is 3.16. The number of hydrogen-bond acceptors (Lipinski definition) is 3. The Balaban J connectivity index is 1.46. The normalized spacial score (nSPS) is 10.8. The highest BCUT2D eigenvalue weighted by molar-refractivity contribution is 5.94. The Morgan fingerprint density at radius 3 is 2.41 bits per heavy atom. The van der Waals surface area contributed by atoms with Crippen LogP contribution in [0.1, 0.15) is 21.5 Å². The minimum atomic E-state index is -2.83. The van der Waals surface area contributed by atoms with Crippen molar-refractivity contribution in [2.24, 2.45) is 0 Å². The van der Waals surface area contributed by atoms with E-state index in [1.165, 1.54) is 12.1 Å². The fourth-order valence-electron chi connectivity index (χ4n) is 2.60. The van der Waals surface area contributed by atoms with Crippen molar-refractivity contribution in [3.63, 3.8) is 0 Å². The maximum Gasteiger partial charge on any atom is 0.387 e. The third-order valence-corrected chi connectivity index (χ3v) is 3.97. The number of halogens is 2. The lowest BCUT2D eigenvalue weighted by Crippen LogP contribution is -2.25. The van der Waals surface area contributed by atoms with E-state index in [9.17, 15) is 13.6 Å². The van der Waals surface area contributed by atoms with E-state index in [0.29, 0.717) is 25.1 Å². The van der Waals surface area contributed by atoms with Crippen molar-refractivity contribution in [2.75, 3.05) is 6.54 Å². The fraction of sp³-hybridized carbons (Fsp3) is 0.200. The number of nitrogens with zero attached hydrogens (tertiary/aromatic N) is 2. The van der Waals surface area contributed by atoms with E-state index >= 15 is 0 Å². The lowest BCUT2D eigenvalue weighted by molar-refractivity contribution is -0.0498. The van der Waals surface area contributed by atoms with E-state index in [-0.39, 0.29) is 11.7 Å². The summed E-state index contributed by atoms with van der Waals surface area (Å²) in [7, 11) is 0. The molecule has 0 aliphatic heterocycles. The van der Waals surface area contributed by atoms with E-state index in [1.807, 2.05) is 29.1 Å². The van der Waals surface area contributed by atoms with Gasteiger partial charge in [0.2, 0.25) is 0 Å². The topological polar surface area (TPSA) is 56.1 Å². The molecule has 0 radical (unpaired) electrons. The van der Waals surface area contributed by atoms with Crippen LogP contribution in [-0.2, 0) is 13.0 Å². The summed E-state index contributed by atoms with van der Waals surface area (Å²) in [5, 5.41) is 7.00. The molecule has 3 aromatic rings. The number of nitrogens with one attached hydrogen (secondary N) is 1. The maximum atomic E-state index is 12.2. The maximum absolute atomic E-state index is 12.2. The molecule has 0 saturated heterocycles. The molecular weight excluding hydrogens is 352 g/mol. The van der Waals surface area contributed by atoms with Gasteiger partial charge in [-0.25, -0.2) is 0 Å². The van der Waals surface area contributed by atoms with Gasteiger partial charge in [-0.3, -0.25) is 9.48 Å². The summed E-state index contributed by atoms with van der Waals surface area (Å²) in [4.78, 5) is 12.2. The molecule has 0 bridgehead atoms. The second-order valence-electron chi connectivity index (χ2n) is 5.93. The Morgan fingerprint density at radius 2 is 1.78 bits per heavy atom. The summed E-state index contributed by atoms with van der Waals surface area (Å²) in [6.07, 6.45) is 4.20. The number of carbonyl (C=O) groups is 1. The average molecular weight is 371 g/mol. The van der Waals surface area contributed by atoms with Gasteiger partial charge < -0.3 is 10.1 Å². The van der Waals surface area contributed by atoms with E-state index < -0.39 is 6.61 Å². The van der Waals surface area contributed by atoms with Crippen LogP contribution < -0.4 is 10.1 Å². The third kappa shape index (κ3) is 5.64. The van der Waals surface area contributed by atoms with Crippen LogP contribution >= 0.6 is 0 Å². The molecule has 2 aromatic carbocycles. The molecule has 0 spiro atoms. The molecule has 0 unspecified atom stereocenters. The molecule has 0 saturated carbocycles. The monoisotopic (exact) mass is 371 g/mol. The number of hydrogen-bond donors (Lipinski definition) is 1. The summed E-state index contributed by atoms with van der Waals surface area (Å²) in [6, 6.07) is 15.6. The molecule has 27 heavy (non-hydrogen) atoms. The van der Waals surface area contributed by atoms with Crippen LogP contribution in [0.25, 0.3) is 0 Å². The number of aromatic nitrogens is 2. The number of carbonyl (C=O) groups excluding carboxylic acids is 1. The quantitative estimate of drug-likeness (QED) is 0.659. The number of alkyl halides is 2. The lowest BCUT2D eigenvalue weighted by Gasteiger charge is -2.08. The van der Waals surface area contributed by atoms with Crippen molar-refractivity contribution >= 4 is 5.91 Å². The van der Waals surface area contributed by atoms with Crippen LogP contribution in [0.4, 0.5) is 8.78 Å². The minimum absolute atomic E-state index is 0.119. The molecule has 140 valence electrons. The van der Waals surface area contributed by atoms with Gasteiger partial charge in [0.25, 0.3) is 5.91 Å². The van der Waals surface area contributed by atoms with Crippen LogP contribution in [0.15, 0.2) is 67.0 Å². The zero-order valence-electron chi connectivity index (χ0n) is 14.5. The van der Waals surface area contributed by atoms with Crippen molar-refractivity contribution in [3.05, 3.63) is 83.7 Å². The van der Waals surface area contributed by atoms with Crippen molar-refractivity contribution < 1.29 is 18.3 Å². The van der Waals surface area contributed by atoms with E-state index in [2.05, 4.69) is 15.2 Å². The molecule has 3 rings (SSSR count). The number of rotatable bonds is 8. The van der Waals surface area contributed by atoms with Gasteiger partial charge in [0, 0.05) is 24.5 Å². The van der Waals surface area contributed by atoms with Crippen LogP contribution in [0.5, 0.6) is 5.75 Å². The van der Waals surface area contributed by atoms with Crippen molar-refractivity contribution in [3.8, 4) is 5.75 Å². The number of amides is 1. The second kappa shape index (κ2) is 8.93. The van der Waals surface area contributed by atoms with Gasteiger partial charge in [-0.15, -0.1) is 0 Å². The van der Waals surface area contributed by atoms with Crippen LogP contribution in [0, 0.1) is 0 Å². The molecule has 0 aliphatic carbocycles. The molecule has 1 aromatic heterocycles. The van der Waals surface area contributed by atoms with Gasteiger partial charge in [0.15, 0.2) is 0 Å². The Hall–Kier alpha value is -3.22. The minimum Gasteiger partial charge on any atom is -0.435 e. The first kappa shape index (κ1) is 18.6. The highest BCUT2D eigenvalue weighted by Gasteiger charge is 2.06. The molecule has 1 heterocycles. The van der Waals surface area contributed by atoms with Crippen LogP contribution in [0.3, 0.4) is 0 Å². The van der Waals surface area contributed by atoms with Gasteiger partial charge in [-0.2, -0.15) is 13.9 Å². The Labute approximate surface area is 155 Å². The molecule has 5 nitrogen and oxygen atoms in total. The molecule has 0 aliphatic rings. The molecule has 0 fully saturated rings. The standard InChI is InChI=1S/C20H19F2N3O2/c21-20(22)27-18-8-4-15(5-9-18)10-12-23-19(26)17-6-2-16(3-7-17)14-25-13-1-11-24-25/h1-9,11,13,20H,10,12,14H2,(H,23,26). The zero-order valence-corrected chi connectivity index (χ0v) is 14.5. The third-order valence-electron chi connectivity index (χ3n) is 3.97. The van der Waals surface area contributed by atoms with Crippen LogP contribution in [-0.4, -0.2) is 28.8 Å². The van der Waals surface area contributed by atoms with Crippen molar-refractivity contribution in [1.29, 1.82) is 0 Å². The Morgan fingerprint density at radius 1 is 1.07 bits per heavy atom. The van der Waals surface area contributed by atoms with Crippen molar-refractivity contribution in [1.82, 2.24) is 15.1 Å². The summed E-state index contributed by atoms with van der Waals surface area (Å²) < 4.78 is 30.4. The highest BCUT2D eigenvalue weighted by atomic mass is 19.3. The Kier molecular flexibility index (Phi) is 6.14. The first-order valence-electron chi connectivity index (χ1n) is 8.48. The number of ether oxygens (including phenoxy) is 1. The van der Waals surface area contributed by atoms with E-state index in [0.717, 1.165) is 11.1 Å². The first-order chi connectivity index (χ1) is 13.1. The Bertz CT molecular complexity index is 848. The smallest absolute Gasteiger partial charge is 0.387 e. The van der Waals surface area contributed by atoms with Gasteiger partial charge >= 0.3 is 6.61 Å². The van der Waals surface area contributed by atoms with Gasteiger partial charge in [-0.05, 0) is 47.9 Å². The number of benzene rings is 2.